The van der Waals surface area contributed by atoms with Gasteiger partial charge in [0.15, 0.2) is 21.4 Å². The molecule has 2 aliphatic rings. The Balaban J connectivity index is 1.58. The minimum absolute atomic E-state index is 0.0419. The first-order valence-corrected chi connectivity index (χ1v) is 13.1. The lowest BCUT2D eigenvalue weighted by Crippen LogP contribution is -2.62. The second kappa shape index (κ2) is 9.13. The van der Waals surface area contributed by atoms with E-state index in [2.05, 4.69) is 0 Å². The fraction of sp³-hybridized carbons (Fsp3) is 0.304. The van der Waals surface area contributed by atoms with Crippen molar-refractivity contribution in [1.82, 2.24) is 4.90 Å². The molecule has 4 rings (SSSR count). The predicted molar refractivity (Wildman–Crippen MR) is 124 cm³/mol. The first-order chi connectivity index (χ1) is 16.6. The number of ketones is 1. The number of alkyl halides is 3. The maximum atomic E-state index is 13.7. The molecule has 0 radical (unpaired) electrons. The van der Waals surface area contributed by atoms with E-state index in [-0.39, 0.29) is 25.3 Å². The minimum Gasteiger partial charge on any atom is -0.362 e. The molecule has 1 spiro atoms. The number of benzene rings is 2. The third kappa shape index (κ3) is 5.15. The van der Waals surface area contributed by atoms with Crippen molar-refractivity contribution in [3.63, 3.8) is 0 Å². The SMILES string of the molecule is CS(=O)(=O)CC(=O)N1CC2(C1)OCc1cc(C(=O)/C=C(\c3cc(Cl)c(F)c(Cl)c3)C(F)(F)F)ccc12. The molecule has 6 nitrogen and oxygen atoms in total. The van der Waals surface area contributed by atoms with E-state index in [1.807, 2.05) is 0 Å². The number of likely N-dealkylation sites (tertiary alicyclic amines) is 1. The fourth-order valence-electron chi connectivity index (χ4n) is 4.18. The number of hydrogen-bond donors (Lipinski definition) is 0. The van der Waals surface area contributed by atoms with Crippen molar-refractivity contribution in [3.8, 4) is 0 Å². The van der Waals surface area contributed by atoms with Gasteiger partial charge in [-0.2, -0.15) is 13.2 Å². The normalized spacial score (nSPS) is 17.2. The largest absolute Gasteiger partial charge is 0.417 e. The van der Waals surface area contributed by atoms with Gasteiger partial charge in [-0.1, -0.05) is 35.3 Å². The van der Waals surface area contributed by atoms with Crippen LogP contribution >= 0.6 is 23.2 Å². The molecule has 1 amide bonds. The fourth-order valence-corrected chi connectivity index (χ4v) is 5.30. The lowest BCUT2D eigenvalue weighted by molar-refractivity contribution is -0.166. The zero-order valence-electron chi connectivity index (χ0n) is 18.5. The van der Waals surface area contributed by atoms with E-state index in [1.54, 1.807) is 6.07 Å². The van der Waals surface area contributed by atoms with Crippen molar-refractivity contribution in [2.24, 2.45) is 0 Å². The van der Waals surface area contributed by atoms with E-state index in [1.165, 1.54) is 17.0 Å². The number of amides is 1. The van der Waals surface area contributed by atoms with Crippen LogP contribution in [0.3, 0.4) is 0 Å². The zero-order valence-corrected chi connectivity index (χ0v) is 20.8. The van der Waals surface area contributed by atoms with Gasteiger partial charge < -0.3 is 9.64 Å². The van der Waals surface area contributed by atoms with Crippen LogP contribution in [0.4, 0.5) is 17.6 Å². The molecule has 2 aliphatic heterocycles. The molecular formula is C23H17Cl2F4NO5S. The molecule has 0 N–H and O–H groups in total. The van der Waals surface area contributed by atoms with E-state index in [0.29, 0.717) is 17.2 Å². The van der Waals surface area contributed by atoms with Crippen LogP contribution in [0.5, 0.6) is 0 Å². The summed E-state index contributed by atoms with van der Waals surface area (Å²) in [4.78, 5) is 26.2. The summed E-state index contributed by atoms with van der Waals surface area (Å²) >= 11 is 11.3. The minimum atomic E-state index is -4.96. The van der Waals surface area contributed by atoms with Crippen molar-refractivity contribution in [3.05, 3.63) is 74.5 Å². The molecule has 2 aromatic rings. The predicted octanol–water partition coefficient (Wildman–Crippen LogP) is 4.57. The van der Waals surface area contributed by atoms with Crippen LogP contribution in [0.25, 0.3) is 5.57 Å². The molecule has 0 bridgehead atoms. The van der Waals surface area contributed by atoms with E-state index < -0.39 is 66.1 Å². The summed E-state index contributed by atoms with van der Waals surface area (Å²) in [6.07, 6.45) is -3.61. The number of hydrogen-bond acceptors (Lipinski definition) is 5. The van der Waals surface area contributed by atoms with E-state index in [9.17, 15) is 35.6 Å². The summed E-state index contributed by atoms with van der Waals surface area (Å²) < 4.78 is 83.4. The quantitative estimate of drug-likeness (QED) is 0.229. The van der Waals surface area contributed by atoms with Crippen molar-refractivity contribution in [1.29, 1.82) is 0 Å². The van der Waals surface area contributed by atoms with Gasteiger partial charge in [-0.05, 0) is 41.0 Å². The van der Waals surface area contributed by atoms with Crippen molar-refractivity contribution in [2.45, 2.75) is 18.4 Å². The van der Waals surface area contributed by atoms with Gasteiger partial charge in [0.25, 0.3) is 0 Å². The van der Waals surface area contributed by atoms with Crippen LogP contribution in [0.15, 0.2) is 36.4 Å². The number of ether oxygens (including phenoxy) is 1. The summed E-state index contributed by atoms with van der Waals surface area (Å²) in [6, 6.07) is 5.77. The Bertz CT molecular complexity index is 1390. The van der Waals surface area contributed by atoms with Gasteiger partial charge in [0.2, 0.25) is 5.91 Å². The van der Waals surface area contributed by atoms with Crippen LogP contribution in [-0.4, -0.2) is 56.3 Å². The van der Waals surface area contributed by atoms with Crippen LogP contribution in [0, 0.1) is 5.82 Å². The van der Waals surface area contributed by atoms with E-state index in [4.69, 9.17) is 27.9 Å². The summed E-state index contributed by atoms with van der Waals surface area (Å²) in [5.74, 6) is -3.21. The molecule has 1 saturated heterocycles. The molecular weight excluding hydrogens is 549 g/mol. The van der Waals surface area contributed by atoms with Gasteiger partial charge in [0.1, 0.15) is 11.4 Å². The van der Waals surface area contributed by atoms with Gasteiger partial charge in [-0.25, -0.2) is 12.8 Å². The maximum Gasteiger partial charge on any atom is 0.417 e. The highest BCUT2D eigenvalue weighted by atomic mass is 35.5. The molecule has 2 heterocycles. The van der Waals surface area contributed by atoms with Crippen LogP contribution < -0.4 is 0 Å². The molecule has 36 heavy (non-hydrogen) atoms. The number of allylic oxidation sites excluding steroid dienone is 2. The third-order valence-corrected chi connectivity index (χ3v) is 7.21. The summed E-state index contributed by atoms with van der Waals surface area (Å²) in [5.41, 5.74) is -1.59. The second-order valence-electron chi connectivity index (χ2n) is 8.65. The van der Waals surface area contributed by atoms with Gasteiger partial charge in [0, 0.05) is 11.8 Å². The smallest absolute Gasteiger partial charge is 0.362 e. The molecule has 1 fully saturated rings. The molecule has 2 aromatic carbocycles. The Hall–Kier alpha value is -2.47. The Morgan fingerprint density at radius 2 is 1.72 bits per heavy atom. The third-order valence-electron chi connectivity index (χ3n) is 5.89. The Morgan fingerprint density at radius 1 is 1.11 bits per heavy atom. The topological polar surface area (TPSA) is 80.8 Å². The van der Waals surface area contributed by atoms with Gasteiger partial charge >= 0.3 is 6.18 Å². The summed E-state index contributed by atoms with van der Waals surface area (Å²) in [7, 11) is -3.49. The molecule has 192 valence electrons. The van der Waals surface area contributed by atoms with Crippen LogP contribution in [0.2, 0.25) is 10.0 Å². The summed E-state index contributed by atoms with van der Waals surface area (Å²) in [6.45, 7) is 0.293. The number of carbonyl (C=O) groups is 2. The molecule has 0 saturated carbocycles. The van der Waals surface area contributed by atoms with Gasteiger partial charge in [-0.15, -0.1) is 0 Å². The average molecular weight is 566 g/mol. The molecule has 0 aromatic heterocycles. The molecule has 0 aliphatic carbocycles. The van der Waals surface area contributed by atoms with E-state index >= 15 is 0 Å². The van der Waals surface area contributed by atoms with Crippen molar-refractivity contribution in [2.75, 3.05) is 25.1 Å². The highest BCUT2D eigenvalue weighted by Gasteiger charge is 2.51. The molecule has 0 unspecified atom stereocenters. The Labute approximate surface area is 213 Å². The Morgan fingerprint density at radius 3 is 2.28 bits per heavy atom. The number of sulfone groups is 1. The number of carbonyl (C=O) groups excluding carboxylic acids is 2. The number of fused-ring (bicyclic) bond motifs is 2. The van der Waals surface area contributed by atoms with E-state index in [0.717, 1.165) is 18.4 Å². The number of halogens is 6. The van der Waals surface area contributed by atoms with Crippen LogP contribution in [-0.2, 0) is 31.6 Å². The summed E-state index contributed by atoms with van der Waals surface area (Å²) in [5, 5.41) is -1.24. The molecule has 0 atom stereocenters. The van der Waals surface area contributed by atoms with Gasteiger partial charge in [-0.3, -0.25) is 9.59 Å². The maximum absolute atomic E-state index is 13.7. The van der Waals surface area contributed by atoms with Crippen LogP contribution in [0.1, 0.15) is 27.0 Å². The lowest BCUT2D eigenvalue weighted by atomic mass is 9.84. The van der Waals surface area contributed by atoms with Gasteiger partial charge in [0.05, 0.1) is 35.3 Å². The highest BCUT2D eigenvalue weighted by Crippen LogP contribution is 2.44. The molecule has 13 heteroatoms. The van der Waals surface area contributed by atoms with Crippen molar-refractivity contribution >= 4 is 50.3 Å². The number of nitrogens with zero attached hydrogens (tertiary/aromatic N) is 1. The lowest BCUT2D eigenvalue weighted by Gasteiger charge is -2.47. The average Bonchev–Trinajstić information content (AvgIpc) is 3.11. The monoisotopic (exact) mass is 565 g/mol. The first-order valence-electron chi connectivity index (χ1n) is 10.3. The Kier molecular flexibility index (Phi) is 6.74. The standard InChI is InChI=1S/C23H17Cl2F4NO5S/c1-36(33,34)9-20(32)30-10-22(11-30)15-3-2-12(4-14(15)8-35-22)19(31)7-16(23(27,28)29)13-5-17(24)21(26)18(25)6-13/h2-7H,8-11H2,1H3/b16-7+. The van der Waals surface area contributed by atoms with Crippen molar-refractivity contribution < 1.29 is 40.3 Å². The first kappa shape index (κ1) is 26.6. The highest BCUT2D eigenvalue weighted by molar-refractivity contribution is 7.91. The zero-order chi connectivity index (χ0) is 26.6. The second-order valence-corrected chi connectivity index (χ2v) is 11.6. The number of rotatable bonds is 5.